The van der Waals surface area contributed by atoms with Gasteiger partial charge in [0, 0.05) is 47.4 Å². The van der Waals surface area contributed by atoms with E-state index in [1.165, 1.54) is 69.3 Å². The van der Waals surface area contributed by atoms with Crippen LogP contribution in [-0.2, 0) is 0 Å². The molecule has 4 aromatic heterocycles. The van der Waals surface area contributed by atoms with E-state index in [2.05, 4.69) is 136 Å². The van der Waals surface area contributed by atoms with Crippen molar-refractivity contribution < 1.29 is 0 Å². The van der Waals surface area contributed by atoms with E-state index in [0.29, 0.717) is 0 Å². The highest BCUT2D eigenvalue weighted by Gasteiger charge is 2.22. The molecule has 3 nitrogen and oxygen atoms in total. The summed E-state index contributed by atoms with van der Waals surface area (Å²) < 4.78 is 7.41. The van der Waals surface area contributed by atoms with E-state index in [9.17, 15) is 0 Å². The molecule has 0 spiro atoms. The Morgan fingerprint density at radius 2 is 1.15 bits per heavy atom. The Hall–Kier alpha value is -5.19. The molecule has 0 N–H and O–H groups in total. The van der Waals surface area contributed by atoms with E-state index in [1.54, 1.807) is 0 Å². The number of hydrogen-bond donors (Lipinski definition) is 0. The lowest BCUT2D eigenvalue weighted by molar-refractivity contribution is 1.18. The number of thiophene rings is 1. The summed E-state index contributed by atoms with van der Waals surface area (Å²) in [5.74, 6) is 0. The molecule has 4 heterocycles. The molecule has 0 saturated heterocycles. The predicted molar refractivity (Wildman–Crippen MR) is 175 cm³/mol. The molecule has 10 rings (SSSR count). The Kier molecular flexibility index (Phi) is 4.07. The van der Waals surface area contributed by atoms with Crippen molar-refractivity contribution in [2.45, 2.75) is 0 Å². The van der Waals surface area contributed by atoms with Crippen LogP contribution in [0, 0.1) is 0 Å². The van der Waals surface area contributed by atoms with Crippen LogP contribution in [0.5, 0.6) is 0 Å². The first-order valence-corrected chi connectivity index (χ1v) is 14.7. The number of imidazole rings is 1. The molecule has 41 heavy (non-hydrogen) atoms. The van der Waals surface area contributed by atoms with Gasteiger partial charge in [0.15, 0.2) is 0 Å². The van der Waals surface area contributed by atoms with Gasteiger partial charge in [-0.25, -0.2) is 4.98 Å². The second kappa shape index (κ2) is 7.72. The maximum absolute atomic E-state index is 5.27. The number of rotatable bonds is 1. The summed E-state index contributed by atoms with van der Waals surface area (Å²) in [4.78, 5) is 5.27. The fourth-order valence-electron chi connectivity index (χ4n) is 7.02. The molecular weight excluding hydrogens is 518 g/mol. The Bertz CT molecular complexity index is 2690. The molecule has 0 bridgehead atoms. The maximum atomic E-state index is 5.27. The van der Waals surface area contributed by atoms with Gasteiger partial charge in [-0.05, 0) is 53.9 Å². The van der Waals surface area contributed by atoms with Crippen LogP contribution in [0.2, 0.25) is 0 Å². The minimum Gasteiger partial charge on any atom is -0.309 e. The van der Waals surface area contributed by atoms with Crippen molar-refractivity contribution in [3.8, 4) is 5.69 Å². The van der Waals surface area contributed by atoms with Crippen molar-refractivity contribution in [2.24, 2.45) is 0 Å². The first-order chi connectivity index (χ1) is 20.4. The molecule has 0 fully saturated rings. The molecular formula is C37H21N3S. The molecule has 0 radical (unpaired) electrons. The smallest absolute Gasteiger partial charge is 0.147 e. The standard InChI is InChI=1S/C37H21N3S/c1-2-10-22(11-3-1)39-28-15-7-4-13-25(28)33-30(39)20-21-31-34(33)26-19-18-24-23-12-5-9-17-32(23)41-36(24)35(26)37-38-27-14-6-8-16-29(27)40(31)37/h1-21H. The summed E-state index contributed by atoms with van der Waals surface area (Å²) in [6.45, 7) is 0. The first kappa shape index (κ1) is 21.6. The van der Waals surface area contributed by atoms with E-state index in [0.717, 1.165) is 16.7 Å². The van der Waals surface area contributed by atoms with Gasteiger partial charge in [0.05, 0.1) is 27.6 Å². The van der Waals surface area contributed by atoms with Crippen molar-refractivity contribution in [2.75, 3.05) is 0 Å². The van der Waals surface area contributed by atoms with Gasteiger partial charge < -0.3 is 4.57 Å². The van der Waals surface area contributed by atoms with Crippen LogP contribution in [0.1, 0.15) is 0 Å². The zero-order chi connectivity index (χ0) is 26.7. The molecule has 10 aromatic rings. The molecule has 4 heteroatoms. The Labute approximate surface area is 238 Å². The summed E-state index contributed by atoms with van der Waals surface area (Å²) in [6, 6.07) is 46.1. The second-order valence-corrected chi connectivity index (χ2v) is 11.8. The van der Waals surface area contributed by atoms with Crippen molar-refractivity contribution in [3.05, 3.63) is 127 Å². The minimum atomic E-state index is 1.02. The summed E-state index contributed by atoms with van der Waals surface area (Å²) in [5, 5.41) is 8.91. The van der Waals surface area contributed by atoms with Gasteiger partial charge in [-0.3, -0.25) is 4.40 Å². The van der Waals surface area contributed by atoms with Crippen LogP contribution in [0.3, 0.4) is 0 Å². The number of pyridine rings is 1. The van der Waals surface area contributed by atoms with Gasteiger partial charge in [-0.15, -0.1) is 11.3 Å². The minimum absolute atomic E-state index is 1.02. The van der Waals surface area contributed by atoms with Crippen LogP contribution >= 0.6 is 11.3 Å². The molecule has 0 aliphatic carbocycles. The third-order valence-electron chi connectivity index (χ3n) is 8.67. The molecule has 190 valence electrons. The number of benzene rings is 6. The van der Waals surface area contributed by atoms with Gasteiger partial charge in [0.2, 0.25) is 0 Å². The van der Waals surface area contributed by atoms with Gasteiger partial charge in [0.1, 0.15) is 5.65 Å². The van der Waals surface area contributed by atoms with Crippen molar-refractivity contribution >= 4 is 91.7 Å². The van der Waals surface area contributed by atoms with Gasteiger partial charge in [0.25, 0.3) is 0 Å². The largest absolute Gasteiger partial charge is 0.309 e. The van der Waals surface area contributed by atoms with E-state index >= 15 is 0 Å². The third kappa shape index (κ3) is 2.70. The predicted octanol–water partition coefficient (Wildman–Crippen LogP) is 10.3. The third-order valence-corrected chi connectivity index (χ3v) is 9.88. The average Bonchev–Trinajstić information content (AvgIpc) is 3.71. The summed E-state index contributed by atoms with van der Waals surface area (Å²) in [6.07, 6.45) is 0. The van der Waals surface area contributed by atoms with Crippen LogP contribution in [0.25, 0.3) is 86.0 Å². The summed E-state index contributed by atoms with van der Waals surface area (Å²) in [5.41, 5.74) is 7.97. The molecule has 0 aliphatic rings. The molecule has 0 saturated carbocycles. The monoisotopic (exact) mass is 539 g/mol. The van der Waals surface area contributed by atoms with Gasteiger partial charge in [-0.2, -0.15) is 0 Å². The van der Waals surface area contributed by atoms with E-state index in [4.69, 9.17) is 4.98 Å². The number of nitrogens with zero attached hydrogens (tertiary/aromatic N) is 3. The zero-order valence-corrected chi connectivity index (χ0v) is 22.7. The molecule has 0 aliphatic heterocycles. The van der Waals surface area contributed by atoms with Gasteiger partial charge >= 0.3 is 0 Å². The SMILES string of the molecule is c1ccc(-n2c3ccccc3c3c4c5ccc6c7ccccc7sc6c5c5nc6ccccc6n5c4ccc32)cc1. The van der Waals surface area contributed by atoms with E-state index in [-0.39, 0.29) is 0 Å². The van der Waals surface area contributed by atoms with Gasteiger partial charge in [-0.1, -0.05) is 78.9 Å². The summed E-state index contributed by atoms with van der Waals surface area (Å²) >= 11 is 1.88. The number of fused-ring (bicyclic) bond motifs is 16. The van der Waals surface area contributed by atoms with Crippen molar-refractivity contribution in [1.82, 2.24) is 14.0 Å². The Balaban J connectivity index is 1.55. The van der Waals surface area contributed by atoms with Crippen molar-refractivity contribution in [1.29, 1.82) is 0 Å². The second-order valence-electron chi connectivity index (χ2n) is 10.8. The van der Waals surface area contributed by atoms with Crippen molar-refractivity contribution in [3.63, 3.8) is 0 Å². The first-order valence-electron chi connectivity index (χ1n) is 13.9. The fraction of sp³-hybridized carbons (Fsp3) is 0. The highest BCUT2D eigenvalue weighted by molar-refractivity contribution is 7.26. The topological polar surface area (TPSA) is 22.2 Å². The highest BCUT2D eigenvalue weighted by Crippen LogP contribution is 2.46. The lowest BCUT2D eigenvalue weighted by Crippen LogP contribution is -1.95. The fourth-order valence-corrected chi connectivity index (χ4v) is 8.27. The Morgan fingerprint density at radius 3 is 2.05 bits per heavy atom. The highest BCUT2D eigenvalue weighted by atomic mass is 32.1. The average molecular weight is 540 g/mol. The number of aromatic nitrogens is 3. The van der Waals surface area contributed by atoms with Crippen LogP contribution < -0.4 is 0 Å². The maximum Gasteiger partial charge on any atom is 0.147 e. The lowest BCUT2D eigenvalue weighted by Gasteiger charge is -2.12. The lowest BCUT2D eigenvalue weighted by atomic mass is 9.99. The number of hydrogen-bond acceptors (Lipinski definition) is 2. The molecule has 0 amide bonds. The molecule has 0 unspecified atom stereocenters. The van der Waals surface area contributed by atoms with Crippen LogP contribution in [0.15, 0.2) is 127 Å². The molecule has 6 aromatic carbocycles. The zero-order valence-electron chi connectivity index (χ0n) is 21.9. The van der Waals surface area contributed by atoms with Crippen LogP contribution in [-0.4, -0.2) is 14.0 Å². The van der Waals surface area contributed by atoms with Crippen LogP contribution in [0.4, 0.5) is 0 Å². The number of para-hydroxylation sites is 4. The van der Waals surface area contributed by atoms with E-state index in [1.807, 2.05) is 11.3 Å². The Morgan fingerprint density at radius 1 is 0.463 bits per heavy atom. The quantitative estimate of drug-likeness (QED) is 0.190. The van der Waals surface area contributed by atoms with E-state index < -0.39 is 0 Å². The molecule has 0 atom stereocenters. The summed E-state index contributed by atoms with van der Waals surface area (Å²) in [7, 11) is 0. The normalized spacial score (nSPS) is 12.4.